The number of rotatable bonds is 9. The van der Waals surface area contributed by atoms with Crippen molar-refractivity contribution in [3.05, 3.63) is 63.0 Å². The lowest BCUT2D eigenvalue weighted by molar-refractivity contribution is -0.673. The van der Waals surface area contributed by atoms with Crippen molar-refractivity contribution in [2.45, 2.75) is 115 Å². The first-order valence-corrected chi connectivity index (χ1v) is 19.9. The number of hydrogen-bond acceptors (Lipinski definition) is 9. The van der Waals surface area contributed by atoms with Gasteiger partial charge in [-0.1, -0.05) is 47.6 Å². The first-order chi connectivity index (χ1) is 23.1. The molecule has 2 unspecified atom stereocenters. The molecule has 3 aromatic rings. The summed E-state index contributed by atoms with van der Waals surface area (Å²) in [6.45, 7) is 12.4. The average Bonchev–Trinajstić information content (AvgIpc) is 3.30. The van der Waals surface area contributed by atoms with Gasteiger partial charge < -0.3 is 23.7 Å². The Hall–Kier alpha value is -3.52. The van der Waals surface area contributed by atoms with Gasteiger partial charge in [-0.3, -0.25) is 0 Å². The first kappa shape index (κ1) is 36.3. The molecule has 0 radical (unpaired) electrons. The maximum absolute atomic E-state index is 13.3. The van der Waals surface area contributed by atoms with E-state index in [9.17, 15) is 35.8 Å². The Labute approximate surface area is 293 Å². The number of imidazole rings is 1. The largest absolute Gasteiger partial charge is 0.744 e. The molecule has 0 spiro atoms. The van der Waals surface area contributed by atoms with Gasteiger partial charge in [0.25, 0.3) is 5.82 Å². The molecule has 6 rings (SSSR count). The lowest BCUT2D eigenvalue weighted by Gasteiger charge is -2.39. The van der Waals surface area contributed by atoms with Gasteiger partial charge in [-0.15, -0.1) is 0 Å². The fourth-order valence-corrected chi connectivity index (χ4v) is 10.4. The minimum absolute atomic E-state index is 0.0577. The number of unbranched alkanes of at least 4 members (excludes halogenated alkanes) is 2. The van der Waals surface area contributed by atoms with E-state index in [-0.39, 0.29) is 46.8 Å². The van der Waals surface area contributed by atoms with Gasteiger partial charge in [-0.05, 0) is 102 Å². The normalized spacial score (nSPS) is 20.5. The smallest absolute Gasteiger partial charge is 0.290 e. The number of aromatic nitrogens is 2. The van der Waals surface area contributed by atoms with Crippen molar-refractivity contribution >= 4 is 37.9 Å². The van der Waals surface area contributed by atoms with Crippen molar-refractivity contribution in [1.82, 2.24) is 4.57 Å². The minimum Gasteiger partial charge on any atom is -0.744 e. The third-order valence-electron chi connectivity index (χ3n) is 10.4. The molecule has 50 heavy (non-hydrogen) atoms. The van der Waals surface area contributed by atoms with Gasteiger partial charge in [-0.2, -0.15) is 0 Å². The van der Waals surface area contributed by atoms with Crippen LogP contribution >= 0.6 is 0 Å². The molecule has 11 nitrogen and oxygen atoms in total. The van der Waals surface area contributed by atoms with E-state index in [1.807, 2.05) is 75.2 Å². The summed E-state index contributed by atoms with van der Waals surface area (Å²) in [6, 6.07) is 3.72. The van der Waals surface area contributed by atoms with Crippen LogP contribution < -0.4 is 24.8 Å². The van der Waals surface area contributed by atoms with E-state index >= 15 is 0 Å². The molecular formula is C37H44N2O9S2-2. The second-order valence-corrected chi connectivity index (χ2v) is 18.5. The second kappa shape index (κ2) is 12.3. The monoisotopic (exact) mass is 724 g/mol. The lowest BCUT2D eigenvalue weighted by Crippen LogP contribution is -2.38. The van der Waals surface area contributed by atoms with Crippen molar-refractivity contribution in [1.29, 1.82) is 0 Å². The maximum Gasteiger partial charge on any atom is 0.290 e. The Morgan fingerprint density at radius 3 is 2.24 bits per heavy atom. The molecule has 0 fully saturated rings. The SMILES string of the molecule is CC1CC(C)(C)Cc2c1cc1c(c2S(=O)(=O)[O-])Oc2c(S(=O)(=O)[O-])c3c(cc2=C1c1n(CCCCCC(=O)[O-])cc[n+]1C)C(C)CC(C)(C)C=3. The predicted octanol–water partition coefficient (Wildman–Crippen LogP) is 3.17. The van der Waals surface area contributed by atoms with Gasteiger partial charge in [0.1, 0.15) is 42.4 Å². The molecule has 2 atom stereocenters. The number of ether oxygens (including phenoxy) is 1. The summed E-state index contributed by atoms with van der Waals surface area (Å²) >= 11 is 0. The number of aryl methyl sites for hydroxylation is 2. The van der Waals surface area contributed by atoms with E-state index in [1.54, 1.807) is 13.1 Å². The fourth-order valence-electron chi connectivity index (χ4n) is 8.72. The fraction of sp³-hybridized carbons (Fsp3) is 0.514. The van der Waals surface area contributed by atoms with Gasteiger partial charge in [0.05, 0.1) is 19.2 Å². The number of carboxylic acid groups (broad SMARTS) is 1. The quantitative estimate of drug-likeness (QED) is 0.143. The van der Waals surface area contributed by atoms with Crippen molar-refractivity contribution in [3.63, 3.8) is 0 Å². The number of aliphatic carboxylic acids is 1. The van der Waals surface area contributed by atoms with Crippen LogP contribution in [0.3, 0.4) is 0 Å². The Morgan fingerprint density at radius 2 is 1.60 bits per heavy atom. The van der Waals surface area contributed by atoms with Crippen molar-refractivity contribution in [2.24, 2.45) is 17.9 Å². The summed E-state index contributed by atoms with van der Waals surface area (Å²) in [5.41, 5.74) is 1.70. The molecule has 0 saturated heterocycles. The number of carbonyl (C=O) groups excluding carboxylic acids is 1. The Kier molecular flexibility index (Phi) is 8.93. The topological polar surface area (TPSA) is 173 Å². The number of hydrogen-bond donors (Lipinski definition) is 0. The highest BCUT2D eigenvalue weighted by molar-refractivity contribution is 7.86. The van der Waals surface area contributed by atoms with Gasteiger partial charge in [-0.25, -0.2) is 26.0 Å². The third-order valence-corrected chi connectivity index (χ3v) is 12.3. The summed E-state index contributed by atoms with van der Waals surface area (Å²) in [4.78, 5) is 9.88. The first-order valence-electron chi connectivity index (χ1n) is 17.1. The minimum atomic E-state index is -5.21. The molecule has 1 aliphatic heterocycles. The highest BCUT2D eigenvalue weighted by atomic mass is 32.2. The van der Waals surface area contributed by atoms with Crippen LogP contribution in [0.2, 0.25) is 0 Å². The number of carboxylic acids is 1. The lowest BCUT2D eigenvalue weighted by atomic mass is 9.69. The van der Waals surface area contributed by atoms with Gasteiger partial charge in [0, 0.05) is 16.8 Å². The predicted molar refractivity (Wildman–Crippen MR) is 181 cm³/mol. The molecule has 3 aliphatic rings. The number of fused-ring (bicyclic) bond motifs is 4. The third kappa shape index (κ3) is 6.53. The van der Waals surface area contributed by atoms with E-state index in [2.05, 4.69) is 0 Å². The average molecular weight is 725 g/mol. The molecule has 0 N–H and O–H groups in total. The van der Waals surface area contributed by atoms with Crippen molar-refractivity contribution in [2.75, 3.05) is 0 Å². The van der Waals surface area contributed by atoms with Crippen molar-refractivity contribution in [3.8, 4) is 11.5 Å². The summed E-state index contributed by atoms with van der Waals surface area (Å²) in [5, 5.41) is 11.5. The highest BCUT2D eigenvalue weighted by Crippen LogP contribution is 2.51. The standard InChI is InChI=1S/C37H46N2O9S2/c1-21-17-36(3,4)19-27-23(21)15-25-30(35-38(7)13-14-39(35)12-10-8-9-11-29(40)41)26-16-24-22(2)18-37(5,6)20-28(24)34(50(45,46)47)32(26)48-31(25)33(27)49(42,43)44/h13-16,19,21-22H,8-12,17-18,20H2,1-7H3,(H2-,40,41,42,43,44,45,46,47)/p-2. The molecule has 2 heterocycles. The van der Waals surface area contributed by atoms with Gasteiger partial charge in [0.15, 0.2) is 11.5 Å². The van der Waals surface area contributed by atoms with Crippen molar-refractivity contribution < 1.29 is 45.1 Å². The second-order valence-electron chi connectivity index (χ2n) is 15.9. The zero-order valence-corrected chi connectivity index (χ0v) is 31.2. The molecule has 270 valence electrons. The van der Waals surface area contributed by atoms with Crippen LogP contribution in [0.4, 0.5) is 0 Å². The Balaban J connectivity index is 1.77. The van der Waals surface area contributed by atoms with Gasteiger partial charge >= 0.3 is 0 Å². The van der Waals surface area contributed by atoms with E-state index in [0.717, 1.165) is 6.42 Å². The molecule has 0 bridgehead atoms. The van der Waals surface area contributed by atoms with Crippen LogP contribution in [0.25, 0.3) is 11.6 Å². The zero-order valence-electron chi connectivity index (χ0n) is 29.6. The Bertz CT molecular complexity index is 2280. The summed E-state index contributed by atoms with van der Waals surface area (Å²) in [6.07, 6.45) is 8.75. The zero-order chi connectivity index (χ0) is 36.7. The van der Waals surface area contributed by atoms with Crippen LogP contribution in [0.1, 0.15) is 120 Å². The van der Waals surface area contributed by atoms with Gasteiger partial charge in [0.2, 0.25) is 0 Å². The van der Waals surface area contributed by atoms with Crippen LogP contribution in [-0.2, 0) is 45.0 Å². The molecule has 2 aliphatic carbocycles. The van der Waals surface area contributed by atoms with Crippen LogP contribution in [0.5, 0.6) is 11.5 Å². The van der Waals surface area contributed by atoms with E-state index in [4.69, 9.17) is 4.74 Å². The maximum atomic E-state index is 13.3. The highest BCUT2D eigenvalue weighted by Gasteiger charge is 2.41. The number of benzene rings is 2. The van der Waals surface area contributed by atoms with E-state index in [0.29, 0.717) is 71.1 Å². The van der Waals surface area contributed by atoms with Crippen LogP contribution in [0, 0.1) is 10.8 Å². The molecule has 0 saturated carbocycles. The number of nitrogens with zero attached hydrogens (tertiary/aromatic N) is 2. The van der Waals surface area contributed by atoms with Crippen LogP contribution in [0.15, 0.2) is 34.3 Å². The molecule has 2 aromatic carbocycles. The van der Waals surface area contributed by atoms with E-state index < -0.39 is 41.4 Å². The molecule has 1 aromatic heterocycles. The Morgan fingerprint density at radius 1 is 0.940 bits per heavy atom. The molecule has 0 amide bonds. The van der Waals surface area contributed by atoms with Crippen LogP contribution in [-0.4, -0.2) is 36.5 Å². The number of carbonyl (C=O) groups is 1. The van der Waals surface area contributed by atoms with E-state index in [1.165, 1.54) is 0 Å². The molecule has 13 heteroatoms. The molecular weight excluding hydrogens is 681 g/mol. The summed E-state index contributed by atoms with van der Waals surface area (Å²) in [7, 11) is -8.59. The summed E-state index contributed by atoms with van der Waals surface area (Å²) < 4.78 is 90.2. The summed E-state index contributed by atoms with van der Waals surface area (Å²) in [5.74, 6) is -1.35.